The molecule has 0 radical (unpaired) electrons. The highest BCUT2D eigenvalue weighted by molar-refractivity contribution is 7.92. The van der Waals surface area contributed by atoms with Crippen LogP contribution in [0, 0.1) is 0 Å². The lowest BCUT2D eigenvalue weighted by Gasteiger charge is -2.35. The molecule has 3 rings (SSSR count). The number of nitrogens with zero attached hydrogens (tertiary/aromatic N) is 1. The number of hydrogen-bond acceptors (Lipinski definition) is 4. The third-order valence-corrected chi connectivity index (χ3v) is 6.66. The van der Waals surface area contributed by atoms with E-state index in [-0.39, 0.29) is 17.9 Å². The molecule has 0 saturated heterocycles. The van der Waals surface area contributed by atoms with E-state index in [9.17, 15) is 13.2 Å². The van der Waals surface area contributed by atoms with Crippen LogP contribution in [-0.2, 0) is 20.2 Å². The van der Waals surface area contributed by atoms with Crippen molar-refractivity contribution in [1.82, 2.24) is 5.32 Å². The second-order valence-electron chi connectivity index (χ2n) is 8.98. The molecule has 29 heavy (non-hydrogen) atoms. The number of anilines is 1. The molecule has 160 valence electrons. The molecule has 0 spiro atoms. The van der Waals surface area contributed by atoms with Gasteiger partial charge in [0, 0.05) is 6.54 Å². The molecule has 1 aromatic rings. The van der Waals surface area contributed by atoms with Gasteiger partial charge in [-0.3, -0.25) is 9.10 Å². The van der Waals surface area contributed by atoms with Gasteiger partial charge in [0.05, 0.1) is 18.5 Å². The van der Waals surface area contributed by atoms with Crippen LogP contribution >= 0.6 is 0 Å². The average Bonchev–Trinajstić information content (AvgIpc) is 2.66. The second kappa shape index (κ2) is 8.38. The van der Waals surface area contributed by atoms with Crippen molar-refractivity contribution in [2.45, 2.75) is 64.4 Å². The Morgan fingerprint density at radius 1 is 1.28 bits per heavy atom. The zero-order valence-electron chi connectivity index (χ0n) is 17.8. The summed E-state index contributed by atoms with van der Waals surface area (Å²) >= 11 is 0. The van der Waals surface area contributed by atoms with Gasteiger partial charge in [-0.2, -0.15) is 0 Å². The number of rotatable bonds is 5. The fourth-order valence-electron chi connectivity index (χ4n) is 3.76. The summed E-state index contributed by atoms with van der Waals surface area (Å²) < 4.78 is 32.0. The topological polar surface area (TPSA) is 75.7 Å². The quantitative estimate of drug-likeness (QED) is 0.740. The van der Waals surface area contributed by atoms with E-state index in [0.29, 0.717) is 18.0 Å². The minimum atomic E-state index is -3.54. The first-order chi connectivity index (χ1) is 13.6. The minimum Gasteiger partial charge on any atom is -0.476 e. The first kappa shape index (κ1) is 21.7. The standard InChI is InChI=1S/C22H32N2O4S/c1-22(2,3)17-10-11-19-18(14-17)24(29(4,26)27)15-20(28-19)21(25)23-13-12-16-8-6-5-7-9-16/h8,10-11,14,20H,5-7,9,12-13,15H2,1-4H3,(H,23,25)/t20-/m0/s1. The Hall–Kier alpha value is -2.02. The van der Waals surface area contributed by atoms with Gasteiger partial charge in [-0.25, -0.2) is 8.42 Å². The highest BCUT2D eigenvalue weighted by Gasteiger charge is 2.35. The number of benzene rings is 1. The molecule has 6 nitrogen and oxygen atoms in total. The fourth-order valence-corrected chi connectivity index (χ4v) is 4.67. The monoisotopic (exact) mass is 420 g/mol. The number of carbonyl (C=O) groups is 1. The summed E-state index contributed by atoms with van der Waals surface area (Å²) in [7, 11) is -3.54. The van der Waals surface area contributed by atoms with Crippen LogP contribution in [0.3, 0.4) is 0 Å². The van der Waals surface area contributed by atoms with Gasteiger partial charge in [0.2, 0.25) is 10.0 Å². The number of amides is 1. The van der Waals surface area contributed by atoms with E-state index < -0.39 is 16.1 Å². The summed E-state index contributed by atoms with van der Waals surface area (Å²) in [6.07, 6.45) is 8.06. The predicted molar refractivity (Wildman–Crippen MR) is 116 cm³/mol. The molecule has 1 aliphatic carbocycles. The van der Waals surface area contributed by atoms with Crippen LogP contribution in [-0.4, -0.2) is 39.8 Å². The molecule has 0 unspecified atom stereocenters. The molecule has 0 fully saturated rings. The van der Waals surface area contributed by atoms with Crippen molar-refractivity contribution in [2.75, 3.05) is 23.7 Å². The molecule has 0 bridgehead atoms. The summed E-state index contributed by atoms with van der Waals surface area (Å²) in [6, 6.07) is 5.54. The summed E-state index contributed by atoms with van der Waals surface area (Å²) in [6.45, 7) is 6.73. The van der Waals surface area contributed by atoms with Crippen molar-refractivity contribution in [3.05, 3.63) is 35.4 Å². The number of ether oxygens (including phenoxy) is 1. The number of carbonyl (C=O) groups excluding carboxylic acids is 1. The van der Waals surface area contributed by atoms with E-state index in [2.05, 4.69) is 32.2 Å². The van der Waals surface area contributed by atoms with Gasteiger partial charge in [0.25, 0.3) is 5.91 Å². The van der Waals surface area contributed by atoms with Crippen molar-refractivity contribution in [1.29, 1.82) is 0 Å². The lowest BCUT2D eigenvalue weighted by atomic mass is 9.86. The van der Waals surface area contributed by atoms with Crippen molar-refractivity contribution in [3.8, 4) is 5.75 Å². The summed E-state index contributed by atoms with van der Waals surface area (Å²) in [5.41, 5.74) is 2.77. The Bertz CT molecular complexity index is 900. The summed E-state index contributed by atoms with van der Waals surface area (Å²) in [5.74, 6) is 0.144. The molecule has 0 aromatic heterocycles. The third-order valence-electron chi connectivity index (χ3n) is 5.52. The maximum Gasteiger partial charge on any atom is 0.263 e. The summed E-state index contributed by atoms with van der Waals surface area (Å²) in [5, 5.41) is 2.91. The lowest BCUT2D eigenvalue weighted by molar-refractivity contribution is -0.127. The van der Waals surface area contributed by atoms with E-state index in [1.165, 1.54) is 22.7 Å². The van der Waals surface area contributed by atoms with Gasteiger partial charge >= 0.3 is 0 Å². The van der Waals surface area contributed by atoms with Crippen molar-refractivity contribution >= 4 is 21.6 Å². The van der Waals surface area contributed by atoms with Gasteiger partial charge < -0.3 is 10.1 Å². The fraction of sp³-hybridized carbons (Fsp3) is 0.591. The van der Waals surface area contributed by atoms with Crippen LogP contribution in [0.25, 0.3) is 0 Å². The van der Waals surface area contributed by atoms with E-state index in [1.54, 1.807) is 6.07 Å². The van der Waals surface area contributed by atoms with E-state index in [0.717, 1.165) is 31.1 Å². The smallest absolute Gasteiger partial charge is 0.263 e. The summed E-state index contributed by atoms with van der Waals surface area (Å²) in [4.78, 5) is 12.7. The highest BCUT2D eigenvalue weighted by atomic mass is 32.2. The molecule has 1 aromatic carbocycles. The molecule has 7 heteroatoms. The first-order valence-electron chi connectivity index (χ1n) is 10.3. The van der Waals surface area contributed by atoms with E-state index in [1.807, 2.05) is 12.1 Å². The zero-order chi connectivity index (χ0) is 21.2. The number of fused-ring (bicyclic) bond motifs is 1. The highest BCUT2D eigenvalue weighted by Crippen LogP contribution is 2.38. The Labute approximate surface area is 174 Å². The largest absolute Gasteiger partial charge is 0.476 e. The van der Waals surface area contributed by atoms with Crippen LogP contribution in [0.2, 0.25) is 0 Å². The SMILES string of the molecule is CC(C)(C)c1ccc2c(c1)N(S(C)(=O)=O)C[C@@H](C(=O)NCCC1=CCCCC1)O2. The lowest BCUT2D eigenvalue weighted by Crippen LogP contribution is -2.50. The van der Waals surface area contributed by atoms with Gasteiger partial charge in [-0.15, -0.1) is 0 Å². The molecule has 0 saturated carbocycles. The maximum atomic E-state index is 12.7. The molecule has 1 atom stereocenters. The van der Waals surface area contributed by atoms with E-state index >= 15 is 0 Å². The van der Waals surface area contributed by atoms with Crippen molar-refractivity contribution in [2.24, 2.45) is 0 Å². The molecule has 1 aliphatic heterocycles. The third kappa shape index (κ3) is 5.32. The molecule has 1 N–H and O–H groups in total. The van der Waals surface area contributed by atoms with Crippen LogP contribution in [0.5, 0.6) is 5.75 Å². The average molecular weight is 421 g/mol. The second-order valence-corrected chi connectivity index (χ2v) is 10.9. The molecule has 2 aliphatic rings. The number of allylic oxidation sites excluding steroid dienone is 1. The Balaban J connectivity index is 1.74. The van der Waals surface area contributed by atoms with Gasteiger partial charge in [0.15, 0.2) is 6.10 Å². The van der Waals surface area contributed by atoms with Gasteiger partial charge in [-0.1, -0.05) is 38.5 Å². The molecule has 1 amide bonds. The van der Waals surface area contributed by atoms with Crippen LogP contribution < -0.4 is 14.4 Å². The number of sulfonamides is 1. The predicted octanol–water partition coefficient (Wildman–Crippen LogP) is 3.52. The number of nitrogens with one attached hydrogen (secondary N) is 1. The number of hydrogen-bond donors (Lipinski definition) is 1. The Kier molecular flexibility index (Phi) is 6.27. The maximum absolute atomic E-state index is 12.7. The van der Waals surface area contributed by atoms with Crippen LogP contribution in [0.15, 0.2) is 29.8 Å². The first-order valence-corrected chi connectivity index (χ1v) is 12.1. The Morgan fingerprint density at radius 2 is 2.03 bits per heavy atom. The van der Waals surface area contributed by atoms with Crippen molar-refractivity contribution < 1.29 is 17.9 Å². The molecular weight excluding hydrogens is 388 g/mol. The van der Waals surface area contributed by atoms with Crippen LogP contribution in [0.1, 0.15) is 58.4 Å². The van der Waals surface area contributed by atoms with E-state index in [4.69, 9.17) is 4.74 Å². The zero-order valence-corrected chi connectivity index (χ0v) is 18.6. The van der Waals surface area contributed by atoms with Gasteiger partial charge in [-0.05, 0) is 55.2 Å². The van der Waals surface area contributed by atoms with Crippen LogP contribution in [0.4, 0.5) is 5.69 Å². The van der Waals surface area contributed by atoms with Crippen molar-refractivity contribution in [3.63, 3.8) is 0 Å². The van der Waals surface area contributed by atoms with Gasteiger partial charge in [0.1, 0.15) is 5.75 Å². The molecule has 1 heterocycles. The minimum absolute atomic E-state index is 0.0199. The normalized spacial score (nSPS) is 19.8. The Morgan fingerprint density at radius 3 is 2.66 bits per heavy atom. The molecular formula is C22H32N2O4S.